The number of hydrogen-bond acceptors (Lipinski definition) is 2. The molecule has 0 atom stereocenters. The van der Waals surface area contributed by atoms with Crippen LogP contribution in [0.25, 0.3) is 11.1 Å². The molecule has 0 unspecified atom stereocenters. The first-order chi connectivity index (χ1) is 12.5. The summed E-state index contributed by atoms with van der Waals surface area (Å²) in [6.07, 6.45) is -2.31. The topological polar surface area (TPSA) is 40.5 Å². The van der Waals surface area contributed by atoms with E-state index in [1.165, 1.54) is 0 Å². The Kier molecular flexibility index (Phi) is 3.96. The predicted octanol–water partition coefficient (Wildman–Crippen LogP) is 5.55. The molecule has 4 heteroatoms. The van der Waals surface area contributed by atoms with Gasteiger partial charge in [-0.15, -0.1) is 0 Å². The van der Waals surface area contributed by atoms with Gasteiger partial charge in [-0.2, -0.15) is 0 Å². The normalized spacial score (nSPS) is 13.3. The lowest BCUT2D eigenvalue weighted by Gasteiger charge is -2.11. The van der Waals surface area contributed by atoms with Crippen molar-refractivity contribution >= 4 is 11.1 Å². The average Bonchev–Trinajstić information content (AvgIpc) is 3.01. The van der Waals surface area contributed by atoms with E-state index in [1.807, 2.05) is 30.3 Å². The van der Waals surface area contributed by atoms with Gasteiger partial charge in [0.05, 0.1) is 0 Å². The summed E-state index contributed by atoms with van der Waals surface area (Å²) in [7, 11) is 0. The summed E-state index contributed by atoms with van der Waals surface area (Å²) < 4.78 is 27.1. The Balaban J connectivity index is 1.99. The summed E-state index contributed by atoms with van der Waals surface area (Å²) in [6, 6.07) is 19.0. The summed E-state index contributed by atoms with van der Waals surface area (Å²) in [5.74, 6) is -0.0172. The maximum absolute atomic E-state index is 13.6. The molecule has 0 saturated heterocycles. The summed E-state index contributed by atoms with van der Waals surface area (Å²) in [6.45, 7) is 0. The zero-order valence-electron chi connectivity index (χ0n) is 13.8. The second-order valence-electron chi connectivity index (χ2n) is 6.31. The van der Waals surface area contributed by atoms with Gasteiger partial charge in [-0.25, -0.2) is 8.78 Å². The number of hydrogen-bond donors (Lipinski definition) is 2. The van der Waals surface area contributed by atoms with E-state index in [-0.39, 0.29) is 17.1 Å². The Bertz CT molecular complexity index is 991. The lowest BCUT2D eigenvalue weighted by molar-refractivity contribution is 0.150. The minimum Gasteiger partial charge on any atom is -0.508 e. The largest absolute Gasteiger partial charge is 0.508 e. The molecular weight excluding hydrogens is 334 g/mol. The summed E-state index contributed by atoms with van der Waals surface area (Å²) in [4.78, 5) is 0. The van der Waals surface area contributed by atoms with E-state index in [9.17, 15) is 19.0 Å². The van der Waals surface area contributed by atoms with Crippen molar-refractivity contribution in [1.82, 2.24) is 0 Å². The van der Waals surface area contributed by atoms with Crippen molar-refractivity contribution in [3.8, 4) is 11.5 Å². The van der Waals surface area contributed by atoms with E-state index in [4.69, 9.17) is 0 Å². The van der Waals surface area contributed by atoms with Gasteiger partial charge in [-0.3, -0.25) is 0 Å². The smallest absolute Gasteiger partial charge is 0.264 e. The first-order valence-corrected chi connectivity index (χ1v) is 8.27. The van der Waals surface area contributed by atoms with Crippen molar-refractivity contribution in [2.45, 2.75) is 12.8 Å². The first kappa shape index (κ1) is 16.3. The van der Waals surface area contributed by atoms with Crippen LogP contribution in [-0.2, 0) is 6.42 Å². The van der Waals surface area contributed by atoms with E-state index < -0.39 is 6.43 Å². The fourth-order valence-corrected chi connectivity index (χ4v) is 3.56. The number of phenolic OH excluding ortho intramolecular Hbond substituents is 2. The van der Waals surface area contributed by atoms with E-state index in [0.717, 1.165) is 28.3 Å². The van der Waals surface area contributed by atoms with E-state index >= 15 is 0 Å². The van der Waals surface area contributed by atoms with Crippen molar-refractivity contribution in [3.05, 3.63) is 94.5 Å². The third-order valence-electron chi connectivity index (χ3n) is 4.71. The van der Waals surface area contributed by atoms with Gasteiger partial charge in [0.15, 0.2) is 0 Å². The van der Waals surface area contributed by atoms with Crippen LogP contribution in [0, 0.1) is 0 Å². The molecule has 1 aliphatic rings. The van der Waals surface area contributed by atoms with E-state index in [0.29, 0.717) is 17.5 Å². The van der Waals surface area contributed by atoms with Crippen LogP contribution in [0.2, 0.25) is 0 Å². The summed E-state index contributed by atoms with van der Waals surface area (Å²) in [5, 5.41) is 19.6. The van der Waals surface area contributed by atoms with Crippen molar-refractivity contribution < 1.29 is 19.0 Å². The van der Waals surface area contributed by atoms with Crippen molar-refractivity contribution in [3.63, 3.8) is 0 Å². The molecule has 3 aromatic carbocycles. The molecule has 3 aromatic rings. The highest BCUT2D eigenvalue weighted by Gasteiger charge is 2.29. The molecule has 0 fully saturated rings. The first-order valence-electron chi connectivity index (χ1n) is 8.27. The van der Waals surface area contributed by atoms with Crippen LogP contribution >= 0.6 is 0 Å². The van der Waals surface area contributed by atoms with E-state index in [1.54, 1.807) is 30.3 Å². The molecule has 0 saturated carbocycles. The van der Waals surface area contributed by atoms with Gasteiger partial charge >= 0.3 is 0 Å². The SMILES string of the molecule is Oc1ccc(C2=C(c3ccccc3)c3cc(O)cc(C(F)F)c3C2)cc1. The van der Waals surface area contributed by atoms with Crippen LogP contribution in [0.4, 0.5) is 8.78 Å². The number of phenols is 2. The van der Waals surface area contributed by atoms with Gasteiger partial charge in [0, 0.05) is 5.56 Å². The van der Waals surface area contributed by atoms with Crippen molar-refractivity contribution in [1.29, 1.82) is 0 Å². The number of fused-ring (bicyclic) bond motifs is 1. The Morgan fingerprint density at radius 2 is 1.46 bits per heavy atom. The molecule has 0 amide bonds. The molecule has 0 radical (unpaired) electrons. The average molecular weight is 350 g/mol. The van der Waals surface area contributed by atoms with Gasteiger partial charge < -0.3 is 10.2 Å². The molecule has 2 N–H and O–H groups in total. The Hall–Kier alpha value is -3.14. The maximum atomic E-state index is 13.6. The Morgan fingerprint density at radius 3 is 2.12 bits per heavy atom. The van der Waals surface area contributed by atoms with Gasteiger partial charge in [0.2, 0.25) is 0 Å². The second-order valence-corrected chi connectivity index (χ2v) is 6.31. The second kappa shape index (κ2) is 6.30. The highest BCUT2D eigenvalue weighted by Crippen LogP contribution is 2.46. The van der Waals surface area contributed by atoms with Crippen molar-refractivity contribution in [2.24, 2.45) is 0 Å². The van der Waals surface area contributed by atoms with Gasteiger partial charge in [-0.05, 0) is 64.1 Å². The van der Waals surface area contributed by atoms with Gasteiger partial charge in [0.25, 0.3) is 6.43 Å². The molecule has 0 aromatic heterocycles. The minimum atomic E-state index is -2.66. The third-order valence-corrected chi connectivity index (χ3v) is 4.71. The predicted molar refractivity (Wildman–Crippen MR) is 97.2 cm³/mol. The molecule has 0 aliphatic heterocycles. The number of allylic oxidation sites excluding steroid dienone is 1. The van der Waals surface area contributed by atoms with Gasteiger partial charge in [0.1, 0.15) is 11.5 Å². The molecule has 0 heterocycles. The monoisotopic (exact) mass is 350 g/mol. The van der Waals surface area contributed by atoms with Crippen LogP contribution in [0.1, 0.15) is 34.2 Å². The van der Waals surface area contributed by atoms with Crippen LogP contribution in [0.15, 0.2) is 66.7 Å². The lowest BCUT2D eigenvalue weighted by Crippen LogP contribution is -1.95. The molecule has 0 bridgehead atoms. The molecule has 2 nitrogen and oxygen atoms in total. The van der Waals surface area contributed by atoms with Gasteiger partial charge in [-0.1, -0.05) is 42.5 Å². The zero-order chi connectivity index (χ0) is 18.3. The molecule has 26 heavy (non-hydrogen) atoms. The number of halogens is 2. The number of alkyl halides is 2. The quantitative estimate of drug-likeness (QED) is 0.650. The molecule has 0 spiro atoms. The minimum absolute atomic E-state index is 0.137. The van der Waals surface area contributed by atoms with Crippen molar-refractivity contribution in [2.75, 3.05) is 0 Å². The number of benzene rings is 3. The van der Waals surface area contributed by atoms with Crippen LogP contribution in [0.3, 0.4) is 0 Å². The molecular formula is C22H16F2O2. The maximum Gasteiger partial charge on any atom is 0.264 e. The molecule has 4 rings (SSSR count). The third kappa shape index (κ3) is 2.73. The Morgan fingerprint density at radius 1 is 0.769 bits per heavy atom. The summed E-state index contributed by atoms with van der Waals surface area (Å²) in [5.41, 5.74) is 4.54. The zero-order valence-corrected chi connectivity index (χ0v) is 13.8. The number of aromatic hydroxyl groups is 2. The Labute approximate surface area is 149 Å². The lowest BCUT2D eigenvalue weighted by atomic mass is 9.94. The van der Waals surface area contributed by atoms with Crippen LogP contribution in [-0.4, -0.2) is 10.2 Å². The highest BCUT2D eigenvalue weighted by molar-refractivity contribution is 6.04. The van der Waals surface area contributed by atoms with Crippen LogP contribution in [0.5, 0.6) is 11.5 Å². The number of rotatable bonds is 3. The highest BCUT2D eigenvalue weighted by atomic mass is 19.3. The molecule has 1 aliphatic carbocycles. The standard InChI is InChI=1S/C22H16F2O2/c23-22(24)20-11-16(26)10-19-18(20)12-17(13-6-8-15(25)9-7-13)21(19)14-4-2-1-3-5-14/h1-11,22,25-26H,12H2. The van der Waals surface area contributed by atoms with Crippen LogP contribution < -0.4 is 0 Å². The fourth-order valence-electron chi connectivity index (χ4n) is 3.56. The summed E-state index contributed by atoms with van der Waals surface area (Å²) >= 11 is 0. The fraction of sp³-hybridized carbons (Fsp3) is 0.0909. The van der Waals surface area contributed by atoms with E-state index in [2.05, 4.69) is 0 Å². The molecule has 130 valence electrons.